The molecule has 1 aromatic rings. The smallest absolute Gasteiger partial charge is 0.336 e. The number of nitrogens with zero attached hydrogens (tertiary/aromatic N) is 1. The third kappa shape index (κ3) is 3.09. The van der Waals surface area contributed by atoms with Crippen molar-refractivity contribution in [2.75, 3.05) is 6.54 Å². The number of hydrogen-bond acceptors (Lipinski definition) is 2. The Labute approximate surface area is 125 Å². The molecular weight excluding hydrogens is 266 g/mol. The van der Waals surface area contributed by atoms with Gasteiger partial charge in [-0.2, -0.15) is 0 Å². The molecular formula is C17H23NO3. The van der Waals surface area contributed by atoms with Gasteiger partial charge in [0.1, 0.15) is 0 Å². The number of aromatic carboxylic acids is 1. The van der Waals surface area contributed by atoms with Gasteiger partial charge in [0, 0.05) is 12.6 Å². The number of aryl methyl sites for hydroxylation is 2. The van der Waals surface area contributed by atoms with Crippen molar-refractivity contribution in [3.05, 3.63) is 34.4 Å². The highest BCUT2D eigenvalue weighted by Crippen LogP contribution is 2.24. The average molecular weight is 289 g/mol. The standard InChI is InChI=1S/C17H23NO3/c1-11-8-9-12(2)15(17(20)21)14(11)16(19)18-10-6-4-5-7-13(18)3/h8-9,13H,4-7,10H2,1-3H3,(H,20,21). The van der Waals surface area contributed by atoms with Crippen molar-refractivity contribution >= 4 is 11.9 Å². The minimum Gasteiger partial charge on any atom is -0.478 e. The second-order valence-electron chi connectivity index (χ2n) is 5.95. The first-order chi connectivity index (χ1) is 9.93. The topological polar surface area (TPSA) is 57.6 Å². The van der Waals surface area contributed by atoms with E-state index in [2.05, 4.69) is 6.92 Å². The number of carboxylic acid groups (broad SMARTS) is 1. The summed E-state index contributed by atoms with van der Waals surface area (Å²) >= 11 is 0. The molecule has 1 amide bonds. The van der Waals surface area contributed by atoms with E-state index in [0.717, 1.165) is 31.2 Å². The molecule has 1 heterocycles. The van der Waals surface area contributed by atoms with E-state index in [1.54, 1.807) is 13.0 Å². The lowest BCUT2D eigenvalue weighted by molar-refractivity contribution is 0.0653. The van der Waals surface area contributed by atoms with Crippen LogP contribution >= 0.6 is 0 Å². The zero-order chi connectivity index (χ0) is 15.6. The van der Waals surface area contributed by atoms with E-state index < -0.39 is 5.97 Å². The first-order valence-electron chi connectivity index (χ1n) is 7.58. The number of carboxylic acids is 1. The van der Waals surface area contributed by atoms with Crippen LogP contribution < -0.4 is 0 Å². The number of amides is 1. The summed E-state index contributed by atoms with van der Waals surface area (Å²) in [5.74, 6) is -1.16. The monoisotopic (exact) mass is 289 g/mol. The zero-order valence-electron chi connectivity index (χ0n) is 13.0. The maximum absolute atomic E-state index is 12.9. The van der Waals surface area contributed by atoms with Gasteiger partial charge in [-0.3, -0.25) is 4.79 Å². The highest BCUT2D eigenvalue weighted by molar-refractivity contribution is 6.06. The molecule has 21 heavy (non-hydrogen) atoms. The summed E-state index contributed by atoms with van der Waals surface area (Å²) in [6.07, 6.45) is 4.23. The van der Waals surface area contributed by atoms with Gasteiger partial charge in [0.05, 0.1) is 11.1 Å². The van der Waals surface area contributed by atoms with Gasteiger partial charge < -0.3 is 10.0 Å². The first kappa shape index (κ1) is 15.5. The summed E-state index contributed by atoms with van der Waals surface area (Å²) in [7, 11) is 0. The number of likely N-dealkylation sites (tertiary alicyclic amines) is 1. The van der Waals surface area contributed by atoms with Crippen molar-refractivity contribution in [3.8, 4) is 0 Å². The van der Waals surface area contributed by atoms with Crippen molar-refractivity contribution in [2.45, 2.75) is 52.5 Å². The Morgan fingerprint density at radius 2 is 1.71 bits per heavy atom. The molecule has 0 saturated carbocycles. The lowest BCUT2D eigenvalue weighted by atomic mass is 9.95. The quantitative estimate of drug-likeness (QED) is 0.907. The summed E-state index contributed by atoms with van der Waals surface area (Å²) in [4.78, 5) is 26.3. The summed E-state index contributed by atoms with van der Waals surface area (Å²) in [5.41, 5.74) is 1.88. The maximum Gasteiger partial charge on any atom is 0.336 e. The highest BCUT2D eigenvalue weighted by Gasteiger charge is 2.28. The van der Waals surface area contributed by atoms with Gasteiger partial charge in [0.2, 0.25) is 0 Å². The second-order valence-corrected chi connectivity index (χ2v) is 5.95. The van der Waals surface area contributed by atoms with E-state index in [9.17, 15) is 14.7 Å². The van der Waals surface area contributed by atoms with Crippen LogP contribution in [0.1, 0.15) is 64.4 Å². The van der Waals surface area contributed by atoms with Gasteiger partial charge in [0.15, 0.2) is 0 Å². The van der Waals surface area contributed by atoms with Crippen LogP contribution in [0.3, 0.4) is 0 Å². The van der Waals surface area contributed by atoms with Crippen LogP contribution in [0.4, 0.5) is 0 Å². The van der Waals surface area contributed by atoms with Crippen LogP contribution in [-0.4, -0.2) is 34.5 Å². The summed E-state index contributed by atoms with van der Waals surface area (Å²) in [6, 6.07) is 3.76. The Hall–Kier alpha value is -1.84. The van der Waals surface area contributed by atoms with Crippen molar-refractivity contribution in [1.82, 2.24) is 4.90 Å². The van der Waals surface area contributed by atoms with Crippen molar-refractivity contribution in [3.63, 3.8) is 0 Å². The Kier molecular flexibility index (Phi) is 4.66. The van der Waals surface area contributed by atoms with E-state index in [1.807, 2.05) is 17.9 Å². The highest BCUT2D eigenvalue weighted by atomic mass is 16.4. The number of hydrogen-bond donors (Lipinski definition) is 1. The molecule has 0 radical (unpaired) electrons. The fraction of sp³-hybridized carbons (Fsp3) is 0.529. The normalized spacial score (nSPS) is 19.2. The predicted octanol–water partition coefficient (Wildman–Crippen LogP) is 3.41. The molecule has 1 atom stereocenters. The number of rotatable bonds is 2. The van der Waals surface area contributed by atoms with Gasteiger partial charge in [-0.1, -0.05) is 25.0 Å². The number of benzene rings is 1. The summed E-state index contributed by atoms with van der Waals surface area (Å²) in [6.45, 7) is 6.31. The molecule has 0 aromatic heterocycles. The Morgan fingerprint density at radius 1 is 1.10 bits per heavy atom. The SMILES string of the molecule is Cc1ccc(C)c(C(=O)N2CCCCCC2C)c1C(=O)O. The molecule has 4 nitrogen and oxygen atoms in total. The van der Waals surface area contributed by atoms with Crippen LogP contribution in [0.2, 0.25) is 0 Å². The van der Waals surface area contributed by atoms with Gasteiger partial charge in [-0.05, 0) is 44.7 Å². The van der Waals surface area contributed by atoms with E-state index in [-0.39, 0.29) is 17.5 Å². The third-order valence-corrected chi connectivity index (χ3v) is 4.36. The molecule has 0 spiro atoms. The van der Waals surface area contributed by atoms with Crippen LogP contribution in [0.15, 0.2) is 12.1 Å². The molecule has 4 heteroatoms. The third-order valence-electron chi connectivity index (χ3n) is 4.36. The fourth-order valence-corrected chi connectivity index (χ4v) is 3.08. The number of carbonyl (C=O) groups is 2. The van der Waals surface area contributed by atoms with E-state index in [0.29, 0.717) is 17.7 Å². The van der Waals surface area contributed by atoms with E-state index >= 15 is 0 Å². The fourth-order valence-electron chi connectivity index (χ4n) is 3.08. The molecule has 0 bridgehead atoms. The average Bonchev–Trinajstić information content (AvgIpc) is 2.64. The van der Waals surface area contributed by atoms with E-state index in [4.69, 9.17) is 0 Å². The first-order valence-corrected chi connectivity index (χ1v) is 7.58. The Bertz CT molecular complexity index is 565. The molecule has 1 aromatic carbocycles. The molecule has 1 N–H and O–H groups in total. The van der Waals surface area contributed by atoms with Gasteiger partial charge in [-0.25, -0.2) is 4.79 Å². The van der Waals surface area contributed by atoms with Crippen molar-refractivity contribution < 1.29 is 14.7 Å². The lowest BCUT2D eigenvalue weighted by Crippen LogP contribution is -2.39. The van der Waals surface area contributed by atoms with Gasteiger partial charge >= 0.3 is 5.97 Å². The van der Waals surface area contributed by atoms with Crippen molar-refractivity contribution in [1.29, 1.82) is 0 Å². The predicted molar refractivity (Wildman–Crippen MR) is 81.8 cm³/mol. The zero-order valence-corrected chi connectivity index (χ0v) is 13.0. The Balaban J connectivity index is 2.47. The number of carbonyl (C=O) groups excluding carboxylic acids is 1. The molecule has 1 unspecified atom stereocenters. The summed E-state index contributed by atoms with van der Waals surface area (Å²) < 4.78 is 0. The second kappa shape index (κ2) is 6.29. The molecule has 114 valence electrons. The Morgan fingerprint density at radius 3 is 2.33 bits per heavy atom. The van der Waals surface area contributed by atoms with Crippen LogP contribution in [0, 0.1) is 13.8 Å². The van der Waals surface area contributed by atoms with Crippen LogP contribution in [-0.2, 0) is 0 Å². The molecule has 1 fully saturated rings. The van der Waals surface area contributed by atoms with Gasteiger partial charge in [-0.15, -0.1) is 0 Å². The van der Waals surface area contributed by atoms with Crippen LogP contribution in [0.25, 0.3) is 0 Å². The van der Waals surface area contributed by atoms with Gasteiger partial charge in [0.25, 0.3) is 5.91 Å². The largest absolute Gasteiger partial charge is 0.478 e. The maximum atomic E-state index is 12.9. The molecule has 0 aliphatic carbocycles. The molecule has 1 aliphatic rings. The minimum atomic E-state index is -1.03. The molecule has 1 aliphatic heterocycles. The lowest BCUT2D eigenvalue weighted by Gasteiger charge is -2.28. The molecule has 1 saturated heterocycles. The van der Waals surface area contributed by atoms with Crippen molar-refractivity contribution in [2.24, 2.45) is 0 Å². The molecule has 2 rings (SSSR count). The van der Waals surface area contributed by atoms with Crippen LogP contribution in [0.5, 0.6) is 0 Å². The minimum absolute atomic E-state index is 0.136. The van der Waals surface area contributed by atoms with E-state index in [1.165, 1.54) is 0 Å². The summed E-state index contributed by atoms with van der Waals surface area (Å²) in [5, 5.41) is 9.47.